The number of carbonyl (C=O) groups is 1. The maximum atomic E-state index is 11.5. The highest BCUT2D eigenvalue weighted by Gasteiger charge is 2.15. The zero-order valence-electron chi connectivity index (χ0n) is 12.7. The normalized spacial score (nSPS) is 11.4. The number of alkyl carbamates (subject to hydrolysis) is 1. The maximum absolute atomic E-state index is 11.5. The molecule has 2 rings (SSSR count). The van der Waals surface area contributed by atoms with Crippen molar-refractivity contribution in [3.05, 3.63) is 18.2 Å². The number of hydrogen-bond donors (Lipinski definition) is 2. The van der Waals surface area contributed by atoms with E-state index in [-0.39, 0.29) is 0 Å². The second-order valence-corrected chi connectivity index (χ2v) is 5.57. The van der Waals surface area contributed by atoms with Gasteiger partial charge in [-0.25, -0.2) is 9.78 Å². The zero-order chi connectivity index (χ0) is 15.5. The first-order valence-electron chi connectivity index (χ1n) is 6.74. The third kappa shape index (κ3) is 4.04. The highest BCUT2D eigenvalue weighted by atomic mass is 16.6. The van der Waals surface area contributed by atoms with E-state index in [1.807, 2.05) is 32.1 Å². The minimum absolute atomic E-state index is 0.421. The monoisotopic (exact) mass is 292 g/mol. The number of nitrogens with zero attached hydrogens (tertiary/aromatic N) is 4. The Morgan fingerprint density at radius 3 is 2.81 bits per heavy atom. The summed E-state index contributed by atoms with van der Waals surface area (Å²) in [7, 11) is 0. The number of anilines is 1. The number of amides is 1. The van der Waals surface area contributed by atoms with Gasteiger partial charge in [0, 0.05) is 25.5 Å². The average Bonchev–Trinajstić information content (AvgIpc) is 2.75. The van der Waals surface area contributed by atoms with Crippen molar-refractivity contribution in [2.75, 3.05) is 18.4 Å². The molecule has 0 saturated carbocycles. The minimum Gasteiger partial charge on any atom is -0.444 e. The van der Waals surface area contributed by atoms with Crippen LogP contribution in [0.2, 0.25) is 0 Å². The molecule has 2 heterocycles. The summed E-state index contributed by atoms with van der Waals surface area (Å²) in [5, 5.41) is 13.8. The van der Waals surface area contributed by atoms with Gasteiger partial charge in [0.25, 0.3) is 0 Å². The van der Waals surface area contributed by atoms with E-state index in [1.165, 1.54) is 0 Å². The quantitative estimate of drug-likeness (QED) is 0.827. The molecule has 2 aromatic heterocycles. The molecular formula is C13H20N6O2. The molecule has 1 amide bonds. The molecule has 0 aliphatic heterocycles. The lowest BCUT2D eigenvalue weighted by Crippen LogP contribution is -2.35. The first kappa shape index (κ1) is 15.0. The van der Waals surface area contributed by atoms with E-state index in [0.29, 0.717) is 24.6 Å². The van der Waals surface area contributed by atoms with Crippen LogP contribution < -0.4 is 10.6 Å². The molecule has 0 unspecified atom stereocenters. The molecule has 0 bridgehead atoms. The second-order valence-electron chi connectivity index (χ2n) is 5.57. The summed E-state index contributed by atoms with van der Waals surface area (Å²) < 4.78 is 6.99. The minimum atomic E-state index is -0.496. The SMILES string of the molecule is Cc1nnc2c(NCCNC(=O)OC(C)(C)C)nccn12. The Bertz CT molecular complexity index is 631. The molecular weight excluding hydrogens is 272 g/mol. The van der Waals surface area contributed by atoms with Gasteiger partial charge in [-0.05, 0) is 27.7 Å². The third-order valence-electron chi connectivity index (χ3n) is 2.58. The molecule has 0 aliphatic rings. The van der Waals surface area contributed by atoms with Crippen LogP contribution in [-0.4, -0.2) is 44.4 Å². The van der Waals surface area contributed by atoms with Gasteiger partial charge < -0.3 is 15.4 Å². The molecule has 0 saturated heterocycles. The van der Waals surface area contributed by atoms with Gasteiger partial charge in [-0.15, -0.1) is 10.2 Å². The number of fused-ring (bicyclic) bond motifs is 1. The molecule has 0 atom stereocenters. The van der Waals surface area contributed by atoms with Crippen LogP contribution in [0.15, 0.2) is 12.4 Å². The largest absolute Gasteiger partial charge is 0.444 e. The van der Waals surface area contributed by atoms with E-state index in [0.717, 1.165) is 5.82 Å². The lowest BCUT2D eigenvalue weighted by molar-refractivity contribution is 0.0530. The number of aryl methyl sites for hydroxylation is 1. The Morgan fingerprint density at radius 2 is 2.10 bits per heavy atom. The molecule has 8 nitrogen and oxygen atoms in total. The van der Waals surface area contributed by atoms with Crippen LogP contribution in [0.5, 0.6) is 0 Å². The summed E-state index contributed by atoms with van der Waals surface area (Å²) in [6.07, 6.45) is 3.04. The van der Waals surface area contributed by atoms with Gasteiger partial charge in [0.05, 0.1) is 0 Å². The molecule has 0 aromatic carbocycles. The summed E-state index contributed by atoms with van der Waals surface area (Å²) >= 11 is 0. The number of aromatic nitrogens is 4. The molecule has 0 radical (unpaired) electrons. The lowest BCUT2D eigenvalue weighted by atomic mass is 10.2. The molecule has 8 heteroatoms. The Morgan fingerprint density at radius 1 is 1.33 bits per heavy atom. The molecule has 0 fully saturated rings. The van der Waals surface area contributed by atoms with Gasteiger partial charge in [-0.1, -0.05) is 0 Å². The molecule has 21 heavy (non-hydrogen) atoms. The lowest BCUT2D eigenvalue weighted by Gasteiger charge is -2.19. The predicted molar refractivity (Wildman–Crippen MR) is 78.2 cm³/mol. The van der Waals surface area contributed by atoms with Crippen molar-refractivity contribution < 1.29 is 9.53 Å². The van der Waals surface area contributed by atoms with Crippen LogP contribution in [-0.2, 0) is 4.74 Å². The third-order valence-corrected chi connectivity index (χ3v) is 2.58. The van der Waals surface area contributed by atoms with Crippen molar-refractivity contribution in [3.8, 4) is 0 Å². The van der Waals surface area contributed by atoms with E-state index >= 15 is 0 Å². The van der Waals surface area contributed by atoms with Crippen LogP contribution in [0.4, 0.5) is 10.6 Å². The van der Waals surface area contributed by atoms with Crippen LogP contribution in [0, 0.1) is 6.92 Å². The zero-order valence-corrected chi connectivity index (χ0v) is 12.7. The number of nitrogens with one attached hydrogen (secondary N) is 2. The Hall–Kier alpha value is -2.38. The highest BCUT2D eigenvalue weighted by molar-refractivity contribution is 5.67. The van der Waals surface area contributed by atoms with E-state index < -0.39 is 11.7 Å². The molecule has 0 spiro atoms. The van der Waals surface area contributed by atoms with Crippen molar-refractivity contribution in [3.63, 3.8) is 0 Å². The van der Waals surface area contributed by atoms with Crippen molar-refractivity contribution >= 4 is 17.6 Å². The summed E-state index contributed by atoms with van der Waals surface area (Å²) in [5.41, 5.74) is 0.163. The van der Waals surface area contributed by atoms with Gasteiger partial charge >= 0.3 is 6.09 Å². The first-order valence-corrected chi connectivity index (χ1v) is 6.74. The smallest absolute Gasteiger partial charge is 0.407 e. The fourth-order valence-electron chi connectivity index (χ4n) is 1.73. The fraction of sp³-hybridized carbons (Fsp3) is 0.538. The van der Waals surface area contributed by atoms with Crippen LogP contribution in [0.3, 0.4) is 0 Å². The number of rotatable bonds is 4. The average molecular weight is 292 g/mol. The summed E-state index contributed by atoms with van der Waals surface area (Å²) in [6, 6.07) is 0. The van der Waals surface area contributed by atoms with E-state index in [9.17, 15) is 4.79 Å². The number of carbonyl (C=O) groups excluding carboxylic acids is 1. The standard InChI is InChI=1S/C13H20N6O2/c1-9-17-18-11-10(15-7-8-19(9)11)14-5-6-16-12(20)21-13(2,3)4/h7-8H,5-6H2,1-4H3,(H,14,15)(H,16,20). The van der Waals surface area contributed by atoms with E-state index in [2.05, 4.69) is 25.8 Å². The Labute approximate surface area is 122 Å². The van der Waals surface area contributed by atoms with Crippen LogP contribution in [0.25, 0.3) is 5.65 Å². The number of hydrogen-bond acceptors (Lipinski definition) is 6. The maximum Gasteiger partial charge on any atom is 0.407 e. The van der Waals surface area contributed by atoms with Crippen LogP contribution >= 0.6 is 0 Å². The van der Waals surface area contributed by atoms with Crippen molar-refractivity contribution in [2.45, 2.75) is 33.3 Å². The van der Waals surface area contributed by atoms with E-state index in [4.69, 9.17) is 4.74 Å². The second kappa shape index (κ2) is 5.94. The predicted octanol–water partition coefficient (Wildman–Crippen LogP) is 1.37. The number of ether oxygens (including phenoxy) is 1. The van der Waals surface area contributed by atoms with Crippen LogP contribution in [0.1, 0.15) is 26.6 Å². The van der Waals surface area contributed by atoms with E-state index in [1.54, 1.807) is 12.4 Å². The summed E-state index contributed by atoms with van der Waals surface area (Å²) in [5.74, 6) is 1.42. The fourth-order valence-corrected chi connectivity index (χ4v) is 1.73. The summed E-state index contributed by atoms with van der Waals surface area (Å²) in [4.78, 5) is 15.7. The first-order chi connectivity index (χ1) is 9.87. The Balaban J connectivity index is 1.84. The van der Waals surface area contributed by atoms with Gasteiger partial charge in [-0.2, -0.15) is 0 Å². The Kier molecular flexibility index (Phi) is 4.25. The van der Waals surface area contributed by atoms with Gasteiger partial charge in [0.2, 0.25) is 5.65 Å². The highest BCUT2D eigenvalue weighted by Crippen LogP contribution is 2.11. The van der Waals surface area contributed by atoms with Crippen molar-refractivity contribution in [1.82, 2.24) is 24.9 Å². The van der Waals surface area contributed by atoms with Gasteiger partial charge in [-0.3, -0.25) is 4.40 Å². The van der Waals surface area contributed by atoms with Crippen molar-refractivity contribution in [1.29, 1.82) is 0 Å². The topological polar surface area (TPSA) is 93.4 Å². The van der Waals surface area contributed by atoms with Gasteiger partial charge in [0.1, 0.15) is 11.4 Å². The molecule has 2 aromatic rings. The van der Waals surface area contributed by atoms with Gasteiger partial charge in [0.15, 0.2) is 5.82 Å². The summed E-state index contributed by atoms with van der Waals surface area (Å²) in [6.45, 7) is 8.27. The molecule has 114 valence electrons. The van der Waals surface area contributed by atoms with Crippen molar-refractivity contribution in [2.24, 2.45) is 0 Å². The molecule has 0 aliphatic carbocycles. The molecule has 2 N–H and O–H groups in total.